The summed E-state index contributed by atoms with van der Waals surface area (Å²) < 4.78 is 5.07. The van der Waals surface area contributed by atoms with Gasteiger partial charge in [-0.3, -0.25) is 4.79 Å². The minimum Gasteiger partial charge on any atom is -0.497 e. The first-order valence-corrected chi connectivity index (χ1v) is 6.78. The maximum atomic E-state index is 11.6. The third-order valence-electron chi connectivity index (χ3n) is 2.56. The molecule has 0 aliphatic carbocycles. The molecule has 1 heterocycles. The van der Waals surface area contributed by atoms with Crippen LogP contribution in [0, 0.1) is 0 Å². The van der Waals surface area contributed by atoms with E-state index in [0.29, 0.717) is 6.54 Å². The number of carbonyl (C=O) groups excluding carboxylic acids is 1. The molecule has 0 aliphatic heterocycles. The molecular formula is C15H15NO2S. The molecule has 4 heteroatoms. The zero-order valence-corrected chi connectivity index (χ0v) is 11.4. The van der Waals surface area contributed by atoms with E-state index in [9.17, 15) is 4.79 Å². The zero-order valence-electron chi connectivity index (χ0n) is 10.6. The Labute approximate surface area is 116 Å². The summed E-state index contributed by atoms with van der Waals surface area (Å²) in [6, 6.07) is 11.5. The highest BCUT2D eigenvalue weighted by molar-refractivity contribution is 7.09. The van der Waals surface area contributed by atoms with Crippen LogP contribution in [-0.4, -0.2) is 13.0 Å². The number of methoxy groups -OCH3 is 1. The normalized spacial score (nSPS) is 10.6. The van der Waals surface area contributed by atoms with Crippen molar-refractivity contribution in [3.05, 3.63) is 58.3 Å². The summed E-state index contributed by atoms with van der Waals surface area (Å²) in [6.07, 6.45) is 3.32. The standard InChI is InChI=1S/C15H15NO2S/c1-18-13-7-4-12(5-8-13)6-9-15(17)16-11-14-3-2-10-19-14/h2-10H,11H2,1H3,(H,16,17)/b9-6+. The molecule has 0 fully saturated rings. The van der Waals surface area contributed by atoms with Crippen molar-refractivity contribution in [1.82, 2.24) is 5.32 Å². The number of ether oxygens (including phenoxy) is 1. The van der Waals surface area contributed by atoms with Gasteiger partial charge in [-0.25, -0.2) is 0 Å². The molecule has 2 aromatic rings. The van der Waals surface area contributed by atoms with Gasteiger partial charge in [0.1, 0.15) is 5.75 Å². The zero-order chi connectivity index (χ0) is 13.5. The van der Waals surface area contributed by atoms with Crippen molar-refractivity contribution in [3.63, 3.8) is 0 Å². The number of amides is 1. The molecule has 0 bridgehead atoms. The number of hydrogen-bond acceptors (Lipinski definition) is 3. The van der Waals surface area contributed by atoms with Crippen molar-refractivity contribution >= 4 is 23.3 Å². The Hall–Kier alpha value is -2.07. The smallest absolute Gasteiger partial charge is 0.244 e. The predicted octanol–water partition coefficient (Wildman–Crippen LogP) is 3.09. The topological polar surface area (TPSA) is 38.3 Å². The van der Waals surface area contributed by atoms with Gasteiger partial charge >= 0.3 is 0 Å². The van der Waals surface area contributed by atoms with Gasteiger partial charge in [0.25, 0.3) is 0 Å². The number of thiophene rings is 1. The number of benzene rings is 1. The molecule has 0 atom stereocenters. The van der Waals surface area contributed by atoms with Crippen LogP contribution in [0.4, 0.5) is 0 Å². The Morgan fingerprint density at radius 1 is 1.32 bits per heavy atom. The van der Waals surface area contributed by atoms with Gasteiger partial charge in [-0.2, -0.15) is 0 Å². The molecule has 0 unspecified atom stereocenters. The molecule has 1 aromatic carbocycles. The first-order valence-electron chi connectivity index (χ1n) is 5.90. The summed E-state index contributed by atoms with van der Waals surface area (Å²) in [6.45, 7) is 0.573. The molecule has 0 aliphatic rings. The fourth-order valence-corrected chi connectivity index (χ4v) is 2.18. The summed E-state index contributed by atoms with van der Waals surface area (Å²) in [5.41, 5.74) is 0.965. The van der Waals surface area contributed by atoms with Crippen molar-refractivity contribution < 1.29 is 9.53 Å². The fraction of sp³-hybridized carbons (Fsp3) is 0.133. The second-order valence-electron chi connectivity index (χ2n) is 3.90. The van der Waals surface area contributed by atoms with Crippen LogP contribution in [0.1, 0.15) is 10.4 Å². The summed E-state index contributed by atoms with van der Waals surface area (Å²) in [5, 5.41) is 4.83. The van der Waals surface area contributed by atoms with Crippen molar-refractivity contribution in [2.45, 2.75) is 6.54 Å². The highest BCUT2D eigenvalue weighted by Gasteiger charge is 1.97. The molecular weight excluding hydrogens is 258 g/mol. The van der Waals surface area contributed by atoms with Gasteiger partial charge in [0.15, 0.2) is 0 Å². The Bertz CT molecular complexity index is 544. The van der Waals surface area contributed by atoms with Crippen LogP contribution in [0.5, 0.6) is 5.75 Å². The van der Waals surface area contributed by atoms with E-state index in [2.05, 4.69) is 5.32 Å². The van der Waals surface area contributed by atoms with Gasteiger partial charge in [-0.1, -0.05) is 18.2 Å². The SMILES string of the molecule is COc1ccc(/C=C/C(=O)NCc2cccs2)cc1. The van der Waals surface area contributed by atoms with Crippen LogP contribution in [0.3, 0.4) is 0 Å². The van der Waals surface area contributed by atoms with E-state index in [1.54, 1.807) is 24.5 Å². The maximum absolute atomic E-state index is 11.6. The summed E-state index contributed by atoms with van der Waals surface area (Å²) in [5.74, 6) is 0.712. The molecule has 1 amide bonds. The minimum absolute atomic E-state index is 0.0933. The Kier molecular flexibility index (Phi) is 4.75. The van der Waals surface area contributed by atoms with Crippen LogP contribution >= 0.6 is 11.3 Å². The number of nitrogens with one attached hydrogen (secondary N) is 1. The van der Waals surface area contributed by atoms with Gasteiger partial charge in [-0.15, -0.1) is 11.3 Å². The lowest BCUT2D eigenvalue weighted by Crippen LogP contribution is -2.19. The number of rotatable bonds is 5. The lowest BCUT2D eigenvalue weighted by atomic mass is 10.2. The molecule has 3 nitrogen and oxygen atoms in total. The van der Waals surface area contributed by atoms with Crippen molar-refractivity contribution in [3.8, 4) is 5.75 Å². The largest absolute Gasteiger partial charge is 0.497 e. The molecule has 19 heavy (non-hydrogen) atoms. The molecule has 0 spiro atoms. The van der Waals surface area contributed by atoms with Crippen molar-refractivity contribution in [2.24, 2.45) is 0 Å². The summed E-state index contributed by atoms with van der Waals surface area (Å²) in [4.78, 5) is 12.8. The Morgan fingerprint density at radius 2 is 2.11 bits per heavy atom. The second-order valence-corrected chi connectivity index (χ2v) is 4.94. The fourth-order valence-electron chi connectivity index (χ4n) is 1.53. The predicted molar refractivity (Wildman–Crippen MR) is 78.2 cm³/mol. The second kappa shape index (κ2) is 6.75. The van der Waals surface area contributed by atoms with E-state index in [1.165, 1.54) is 6.08 Å². The highest BCUT2D eigenvalue weighted by atomic mass is 32.1. The third kappa shape index (κ3) is 4.26. The highest BCUT2D eigenvalue weighted by Crippen LogP contribution is 2.12. The number of carbonyl (C=O) groups is 1. The van der Waals surface area contributed by atoms with Crippen LogP contribution in [0.2, 0.25) is 0 Å². The quantitative estimate of drug-likeness (QED) is 0.850. The first-order chi connectivity index (χ1) is 9.28. The van der Waals surface area contributed by atoms with Gasteiger partial charge in [0.2, 0.25) is 5.91 Å². The molecule has 98 valence electrons. The molecule has 0 saturated heterocycles. The van der Waals surface area contributed by atoms with Gasteiger partial charge in [-0.05, 0) is 35.2 Å². The summed E-state index contributed by atoms with van der Waals surface area (Å²) >= 11 is 1.63. The molecule has 0 saturated carbocycles. The average Bonchev–Trinajstić information content (AvgIpc) is 2.96. The third-order valence-corrected chi connectivity index (χ3v) is 3.44. The van der Waals surface area contributed by atoms with Crippen molar-refractivity contribution in [2.75, 3.05) is 7.11 Å². The van der Waals surface area contributed by atoms with Crippen LogP contribution in [-0.2, 0) is 11.3 Å². The van der Waals surface area contributed by atoms with E-state index < -0.39 is 0 Å². The van der Waals surface area contributed by atoms with Crippen LogP contribution < -0.4 is 10.1 Å². The molecule has 0 radical (unpaired) electrons. The monoisotopic (exact) mass is 273 g/mol. The Morgan fingerprint density at radius 3 is 2.74 bits per heavy atom. The number of hydrogen-bond donors (Lipinski definition) is 1. The van der Waals surface area contributed by atoms with Gasteiger partial charge in [0, 0.05) is 11.0 Å². The molecule has 1 aromatic heterocycles. The minimum atomic E-state index is -0.0933. The summed E-state index contributed by atoms with van der Waals surface area (Å²) in [7, 11) is 1.63. The molecule has 1 N–H and O–H groups in total. The van der Waals surface area contributed by atoms with E-state index in [0.717, 1.165) is 16.2 Å². The lowest BCUT2D eigenvalue weighted by Gasteiger charge is -2.00. The van der Waals surface area contributed by atoms with Gasteiger partial charge in [0.05, 0.1) is 13.7 Å². The van der Waals surface area contributed by atoms with Crippen LogP contribution in [0.25, 0.3) is 6.08 Å². The van der Waals surface area contributed by atoms with Crippen molar-refractivity contribution in [1.29, 1.82) is 0 Å². The van der Waals surface area contributed by atoms with E-state index >= 15 is 0 Å². The van der Waals surface area contributed by atoms with E-state index in [-0.39, 0.29) is 5.91 Å². The molecule has 2 rings (SSSR count). The maximum Gasteiger partial charge on any atom is 0.244 e. The van der Waals surface area contributed by atoms with Crippen LogP contribution in [0.15, 0.2) is 47.9 Å². The average molecular weight is 273 g/mol. The lowest BCUT2D eigenvalue weighted by molar-refractivity contribution is -0.116. The van der Waals surface area contributed by atoms with E-state index in [4.69, 9.17) is 4.74 Å². The Balaban J connectivity index is 1.85. The van der Waals surface area contributed by atoms with Gasteiger partial charge < -0.3 is 10.1 Å². The van der Waals surface area contributed by atoms with E-state index in [1.807, 2.05) is 41.8 Å². The first kappa shape index (κ1) is 13.4.